The number of halogens is 1. The Labute approximate surface area is 196 Å². The summed E-state index contributed by atoms with van der Waals surface area (Å²) >= 11 is 4.82. The molecular weight excluding hydrogens is 503 g/mol. The van der Waals surface area contributed by atoms with Crippen molar-refractivity contribution in [3.05, 3.63) is 96.6 Å². The molecule has 0 radical (unpaired) electrons. The van der Waals surface area contributed by atoms with E-state index in [0.29, 0.717) is 10.6 Å². The number of hydrogen-bond acceptors (Lipinski definition) is 0. The maximum atomic E-state index is 4.82. The molecule has 1 saturated carbocycles. The van der Waals surface area contributed by atoms with Gasteiger partial charge in [0.2, 0.25) is 0 Å². The quantitative estimate of drug-likeness (QED) is 0.288. The molecule has 0 nitrogen and oxygen atoms in total. The third kappa shape index (κ3) is 4.21. The Balaban J connectivity index is 2.05. The molecule has 0 heterocycles. The molecule has 31 heavy (non-hydrogen) atoms. The maximum absolute atomic E-state index is 4.82. The van der Waals surface area contributed by atoms with Gasteiger partial charge in [-0.05, 0) is 0 Å². The molecule has 164 valence electrons. The molecule has 0 amide bonds. The first-order valence-electron chi connectivity index (χ1n) is 11.8. The van der Waals surface area contributed by atoms with Gasteiger partial charge in [0.1, 0.15) is 0 Å². The molecule has 3 aromatic carbocycles. The average molecular weight is 539 g/mol. The Kier molecular flexibility index (Phi) is 6.85. The van der Waals surface area contributed by atoms with Gasteiger partial charge < -0.3 is 0 Å². The topological polar surface area (TPSA) is 0 Å². The van der Waals surface area contributed by atoms with E-state index < -0.39 is 10.6 Å². The van der Waals surface area contributed by atoms with E-state index in [4.69, 9.17) is 13.9 Å². The van der Waals surface area contributed by atoms with E-state index in [1.54, 1.807) is 8.70 Å². The first-order valence-corrected chi connectivity index (χ1v) is 20.5. The monoisotopic (exact) mass is 538 g/mol. The second-order valence-electron chi connectivity index (χ2n) is 9.96. The van der Waals surface area contributed by atoms with Crippen LogP contribution < -0.4 is 8.70 Å². The zero-order valence-corrected chi connectivity index (χ0v) is 22.6. The molecular formula is C29H36AsBr. The first kappa shape index (κ1) is 22.9. The molecule has 1 fully saturated rings. The van der Waals surface area contributed by atoms with E-state index in [0.717, 1.165) is 17.0 Å². The summed E-state index contributed by atoms with van der Waals surface area (Å²) in [6.45, 7) is 7.38. The van der Waals surface area contributed by atoms with E-state index in [1.807, 2.05) is 0 Å². The third-order valence-corrected chi connectivity index (χ3v) is 28.1. The molecule has 0 bridgehead atoms. The van der Waals surface area contributed by atoms with Gasteiger partial charge in [-0.1, -0.05) is 0 Å². The zero-order chi connectivity index (χ0) is 21.9. The fraction of sp³-hybridized carbons (Fsp3) is 0.379. The summed E-state index contributed by atoms with van der Waals surface area (Å²) in [6, 6.07) is 34.3. The molecule has 3 atom stereocenters. The summed E-state index contributed by atoms with van der Waals surface area (Å²) in [4.78, 5) is 0. The fourth-order valence-electron chi connectivity index (χ4n) is 6.04. The van der Waals surface area contributed by atoms with Crippen molar-refractivity contribution >= 4 is 33.2 Å². The second-order valence-corrected chi connectivity index (χ2v) is 27.9. The summed E-state index contributed by atoms with van der Waals surface area (Å²) in [5, 5.41) is 1.12. The van der Waals surface area contributed by atoms with Gasteiger partial charge in [0.15, 0.2) is 0 Å². The molecule has 0 N–H and O–H groups in total. The molecule has 0 saturated heterocycles. The van der Waals surface area contributed by atoms with Crippen molar-refractivity contribution in [3.8, 4) is 0 Å². The van der Waals surface area contributed by atoms with Crippen molar-refractivity contribution in [2.75, 3.05) is 0 Å². The van der Waals surface area contributed by atoms with E-state index in [2.05, 4.69) is 112 Å². The first-order chi connectivity index (χ1) is 14.9. The molecule has 3 unspecified atom stereocenters. The second kappa shape index (κ2) is 9.28. The van der Waals surface area contributed by atoms with Crippen LogP contribution in [-0.4, -0.2) is 10.6 Å². The molecule has 0 spiro atoms. The Hall–Kier alpha value is -1.30. The SMILES string of the molecule is CC1CCC(C(C)C)C([As](Br)(Cc2ccccc2)(c2ccccc2)c2ccccc2)C1. The van der Waals surface area contributed by atoms with Gasteiger partial charge in [-0.25, -0.2) is 0 Å². The van der Waals surface area contributed by atoms with Crippen LogP contribution in [0.1, 0.15) is 45.6 Å². The van der Waals surface area contributed by atoms with Gasteiger partial charge in [-0.15, -0.1) is 0 Å². The van der Waals surface area contributed by atoms with Gasteiger partial charge in [-0.3, -0.25) is 0 Å². The van der Waals surface area contributed by atoms with E-state index in [1.165, 1.54) is 24.8 Å². The van der Waals surface area contributed by atoms with Gasteiger partial charge >= 0.3 is 197 Å². The van der Waals surface area contributed by atoms with Crippen molar-refractivity contribution in [2.24, 2.45) is 17.8 Å². The molecule has 1 aliphatic rings. The summed E-state index contributed by atoms with van der Waals surface area (Å²) < 4.78 is 3.79. The fourth-order valence-corrected chi connectivity index (χ4v) is 25.7. The molecule has 3 aromatic rings. The number of rotatable bonds is 6. The Bertz CT molecular complexity index is 928. The summed E-state index contributed by atoms with van der Waals surface area (Å²) in [5.41, 5.74) is 1.46. The Morgan fingerprint density at radius 1 is 0.774 bits per heavy atom. The molecule has 4 rings (SSSR count). The minimum atomic E-state index is -3.53. The zero-order valence-electron chi connectivity index (χ0n) is 19.1. The predicted molar refractivity (Wildman–Crippen MR) is 142 cm³/mol. The molecule has 0 aromatic heterocycles. The van der Waals surface area contributed by atoms with Crippen LogP contribution in [0.15, 0.2) is 91.0 Å². The van der Waals surface area contributed by atoms with Gasteiger partial charge in [0.05, 0.1) is 0 Å². The van der Waals surface area contributed by atoms with Crippen molar-refractivity contribution in [3.63, 3.8) is 0 Å². The van der Waals surface area contributed by atoms with Gasteiger partial charge in [-0.2, -0.15) is 0 Å². The van der Waals surface area contributed by atoms with Gasteiger partial charge in [0, 0.05) is 0 Å². The summed E-state index contributed by atoms with van der Waals surface area (Å²) in [6.07, 6.45) is 4.03. The molecule has 2 heteroatoms. The van der Waals surface area contributed by atoms with Crippen LogP contribution in [0, 0.1) is 17.8 Å². The van der Waals surface area contributed by atoms with Crippen LogP contribution in [0.4, 0.5) is 0 Å². The van der Waals surface area contributed by atoms with E-state index in [9.17, 15) is 0 Å². The molecule has 1 aliphatic carbocycles. The Morgan fingerprint density at radius 3 is 1.74 bits per heavy atom. The van der Waals surface area contributed by atoms with Crippen LogP contribution in [0.3, 0.4) is 0 Å². The minimum absolute atomic E-state index is 0.673. The van der Waals surface area contributed by atoms with Crippen LogP contribution in [0.5, 0.6) is 0 Å². The van der Waals surface area contributed by atoms with Crippen molar-refractivity contribution in [1.82, 2.24) is 0 Å². The predicted octanol–water partition coefficient (Wildman–Crippen LogP) is 7.34. The standard InChI is InChI=1S/C29H36AsBr/c1-23(2)28-20-19-24(3)21-29(28)30(31,26-15-9-5-10-16-26,27-17-11-6-12-18-27)22-25-13-7-4-8-14-25/h4-18,23-24,28-29H,19-22H2,1-3H3. The van der Waals surface area contributed by atoms with E-state index >= 15 is 0 Å². The average Bonchev–Trinajstić information content (AvgIpc) is 2.81. The van der Waals surface area contributed by atoms with Crippen LogP contribution in [0.25, 0.3) is 0 Å². The third-order valence-electron chi connectivity index (χ3n) is 7.64. The number of hydrogen-bond donors (Lipinski definition) is 0. The summed E-state index contributed by atoms with van der Waals surface area (Å²) in [5.74, 6) is 2.21. The Morgan fingerprint density at radius 2 is 1.26 bits per heavy atom. The van der Waals surface area contributed by atoms with Crippen LogP contribution in [-0.2, 0) is 5.21 Å². The molecule has 0 aliphatic heterocycles. The summed E-state index contributed by atoms with van der Waals surface area (Å²) in [7, 11) is -3.53. The van der Waals surface area contributed by atoms with Crippen molar-refractivity contribution in [2.45, 2.75) is 49.9 Å². The normalized spacial score (nSPS) is 23.3. The van der Waals surface area contributed by atoms with Crippen molar-refractivity contribution in [1.29, 1.82) is 0 Å². The van der Waals surface area contributed by atoms with Crippen molar-refractivity contribution < 1.29 is 0 Å². The van der Waals surface area contributed by atoms with Gasteiger partial charge in [0.25, 0.3) is 0 Å². The van der Waals surface area contributed by atoms with E-state index in [-0.39, 0.29) is 0 Å². The van der Waals surface area contributed by atoms with Crippen LogP contribution in [0.2, 0.25) is 4.71 Å². The number of benzene rings is 3. The van der Waals surface area contributed by atoms with Crippen LogP contribution >= 0.6 is 13.9 Å².